The molecule has 1 aromatic heterocycles. The van der Waals surface area contributed by atoms with Crippen LogP contribution in [-0.4, -0.2) is 5.11 Å². The van der Waals surface area contributed by atoms with Gasteiger partial charge in [-0.2, -0.15) is 4.73 Å². The zero-order valence-corrected chi connectivity index (χ0v) is 10.3. The highest BCUT2D eigenvalue weighted by atomic mass is 16.5. The van der Waals surface area contributed by atoms with Crippen molar-refractivity contribution < 1.29 is 9.84 Å². The van der Waals surface area contributed by atoms with Gasteiger partial charge in [0, 0.05) is 17.2 Å². The van der Waals surface area contributed by atoms with E-state index in [1.54, 1.807) is 0 Å². The molecule has 0 aliphatic rings. The number of aromatic nitrogens is 1. The summed E-state index contributed by atoms with van der Waals surface area (Å²) < 4.78 is 0.707. The van der Waals surface area contributed by atoms with Crippen molar-refractivity contribution in [3.8, 4) is 11.8 Å². The second-order valence-electron chi connectivity index (χ2n) is 4.07. The second kappa shape index (κ2) is 5.52. The minimum atomic E-state index is -0.301. The number of hydrogen-bond donors (Lipinski definition) is 1. The van der Waals surface area contributed by atoms with Gasteiger partial charge in [0.05, 0.1) is 0 Å². The Labute approximate surface area is 106 Å². The monoisotopic (exact) mass is 241 g/mol. The molecule has 1 heterocycles. The molecule has 92 valence electrons. The van der Waals surface area contributed by atoms with E-state index in [-0.39, 0.29) is 6.61 Å². The van der Waals surface area contributed by atoms with Gasteiger partial charge in [0.25, 0.3) is 0 Å². The Kier molecular flexibility index (Phi) is 3.81. The normalized spacial score (nSPS) is 10.1. The molecule has 0 bridgehead atoms. The van der Waals surface area contributed by atoms with Crippen molar-refractivity contribution in [3.05, 3.63) is 46.9 Å². The average Bonchev–Trinajstić information content (AvgIpc) is 2.38. The van der Waals surface area contributed by atoms with E-state index in [1.165, 1.54) is 6.20 Å². The fourth-order valence-electron chi connectivity index (χ4n) is 1.87. The molecule has 0 saturated carbocycles. The fourth-order valence-corrected chi connectivity index (χ4v) is 1.87. The van der Waals surface area contributed by atoms with Crippen molar-refractivity contribution in [3.63, 3.8) is 0 Å². The Morgan fingerprint density at radius 3 is 2.83 bits per heavy atom. The van der Waals surface area contributed by atoms with E-state index in [1.807, 2.05) is 24.3 Å². The Hall–Kier alpha value is -2.05. The molecule has 3 nitrogen and oxygen atoms in total. The lowest BCUT2D eigenvalue weighted by Crippen LogP contribution is -2.32. The van der Waals surface area contributed by atoms with Crippen LogP contribution in [0.15, 0.2) is 30.5 Å². The average molecular weight is 241 g/mol. The lowest BCUT2D eigenvalue weighted by molar-refractivity contribution is -0.615. The minimum absolute atomic E-state index is 0.301. The SMILES string of the molecule is CCCC#Cc1c(CO)[n+]([O-])cc2ccccc12. The van der Waals surface area contributed by atoms with E-state index in [0.717, 1.165) is 23.6 Å². The van der Waals surface area contributed by atoms with Gasteiger partial charge in [0.15, 0.2) is 6.20 Å². The van der Waals surface area contributed by atoms with Gasteiger partial charge in [-0.15, -0.1) is 0 Å². The lowest BCUT2D eigenvalue weighted by Gasteiger charge is -2.07. The number of pyridine rings is 1. The number of hydrogen-bond acceptors (Lipinski definition) is 2. The van der Waals surface area contributed by atoms with Crippen LogP contribution in [0.4, 0.5) is 0 Å². The molecular formula is C15H15NO2. The predicted molar refractivity (Wildman–Crippen MR) is 70.6 cm³/mol. The van der Waals surface area contributed by atoms with Gasteiger partial charge >= 0.3 is 0 Å². The third-order valence-corrected chi connectivity index (χ3v) is 2.78. The summed E-state index contributed by atoms with van der Waals surface area (Å²) in [7, 11) is 0. The minimum Gasteiger partial charge on any atom is -0.618 e. The Morgan fingerprint density at radius 2 is 2.11 bits per heavy atom. The molecule has 0 aliphatic carbocycles. The molecule has 0 spiro atoms. The number of fused-ring (bicyclic) bond motifs is 1. The highest BCUT2D eigenvalue weighted by Crippen LogP contribution is 2.18. The number of unbranched alkanes of at least 4 members (excludes halogenated alkanes) is 1. The van der Waals surface area contributed by atoms with E-state index < -0.39 is 0 Å². The molecule has 3 heteroatoms. The third kappa shape index (κ3) is 2.29. The maximum Gasteiger partial charge on any atom is 0.234 e. The summed E-state index contributed by atoms with van der Waals surface area (Å²) in [4.78, 5) is 0. The summed E-state index contributed by atoms with van der Waals surface area (Å²) in [6, 6.07) is 7.58. The van der Waals surface area contributed by atoms with Gasteiger partial charge < -0.3 is 10.3 Å². The molecular weight excluding hydrogens is 226 g/mol. The first kappa shape index (κ1) is 12.4. The predicted octanol–water partition coefficient (Wildman–Crippen LogP) is 2.12. The van der Waals surface area contributed by atoms with Gasteiger partial charge in [-0.3, -0.25) is 0 Å². The standard InChI is InChI=1S/C15H15NO2/c1-2-3-4-9-14-13-8-6-5-7-12(13)10-16(18)15(14)11-17/h5-8,10,17H,2-3,11H2,1H3. The van der Waals surface area contributed by atoms with E-state index in [2.05, 4.69) is 18.8 Å². The van der Waals surface area contributed by atoms with Gasteiger partial charge in [0.1, 0.15) is 12.2 Å². The van der Waals surface area contributed by atoms with Crippen LogP contribution >= 0.6 is 0 Å². The van der Waals surface area contributed by atoms with E-state index in [4.69, 9.17) is 0 Å². The van der Waals surface area contributed by atoms with Gasteiger partial charge in [-0.25, -0.2) is 0 Å². The first-order chi connectivity index (χ1) is 8.77. The van der Waals surface area contributed by atoms with Crippen molar-refractivity contribution >= 4 is 10.8 Å². The van der Waals surface area contributed by atoms with Crippen LogP contribution in [0.25, 0.3) is 10.8 Å². The van der Waals surface area contributed by atoms with Crippen molar-refractivity contribution in [2.24, 2.45) is 0 Å². The summed E-state index contributed by atoms with van der Waals surface area (Å²) in [5.74, 6) is 6.05. The quantitative estimate of drug-likeness (QED) is 0.497. The van der Waals surface area contributed by atoms with Crippen LogP contribution in [0.2, 0.25) is 0 Å². The first-order valence-electron chi connectivity index (χ1n) is 6.01. The first-order valence-corrected chi connectivity index (χ1v) is 6.01. The summed E-state index contributed by atoms with van der Waals surface area (Å²) in [5, 5.41) is 22.9. The maximum absolute atomic E-state index is 11.8. The molecule has 18 heavy (non-hydrogen) atoms. The van der Waals surface area contributed by atoms with E-state index in [9.17, 15) is 10.3 Å². The van der Waals surface area contributed by atoms with Crippen molar-refractivity contribution in [1.29, 1.82) is 0 Å². The van der Waals surface area contributed by atoms with Crippen LogP contribution in [0.5, 0.6) is 0 Å². The van der Waals surface area contributed by atoms with Gasteiger partial charge in [-0.05, 0) is 12.5 Å². The largest absolute Gasteiger partial charge is 0.618 e. The molecule has 0 unspecified atom stereocenters. The Balaban J connectivity index is 2.69. The number of nitrogens with zero attached hydrogens (tertiary/aromatic N) is 1. The van der Waals surface area contributed by atoms with E-state index >= 15 is 0 Å². The molecule has 0 fully saturated rings. The number of aliphatic hydroxyl groups is 1. The van der Waals surface area contributed by atoms with Crippen LogP contribution in [-0.2, 0) is 6.61 Å². The van der Waals surface area contributed by atoms with Crippen molar-refractivity contribution in [2.75, 3.05) is 0 Å². The summed E-state index contributed by atoms with van der Waals surface area (Å²) >= 11 is 0. The molecule has 2 aromatic rings. The molecule has 0 saturated heterocycles. The summed E-state index contributed by atoms with van der Waals surface area (Å²) in [6.45, 7) is 1.75. The van der Waals surface area contributed by atoms with Gasteiger partial charge in [0.2, 0.25) is 5.69 Å². The smallest absolute Gasteiger partial charge is 0.234 e. The Bertz CT molecular complexity index is 623. The maximum atomic E-state index is 11.8. The summed E-state index contributed by atoms with van der Waals surface area (Å²) in [5.41, 5.74) is 0.955. The zero-order chi connectivity index (χ0) is 13.0. The highest BCUT2D eigenvalue weighted by molar-refractivity contribution is 5.87. The fraction of sp³-hybridized carbons (Fsp3) is 0.267. The van der Waals surface area contributed by atoms with Crippen LogP contribution in [0, 0.1) is 17.0 Å². The van der Waals surface area contributed by atoms with Crippen LogP contribution < -0.4 is 4.73 Å². The second-order valence-corrected chi connectivity index (χ2v) is 4.07. The summed E-state index contributed by atoms with van der Waals surface area (Å²) in [6.07, 6.45) is 3.24. The lowest BCUT2D eigenvalue weighted by atomic mass is 10.0. The third-order valence-electron chi connectivity index (χ3n) is 2.78. The van der Waals surface area contributed by atoms with Crippen molar-refractivity contribution in [1.82, 2.24) is 0 Å². The molecule has 0 amide bonds. The van der Waals surface area contributed by atoms with Gasteiger partial charge in [-0.1, -0.05) is 37.0 Å². The number of rotatable bonds is 2. The van der Waals surface area contributed by atoms with Crippen molar-refractivity contribution in [2.45, 2.75) is 26.4 Å². The number of aliphatic hydroxyl groups excluding tert-OH is 1. The molecule has 1 N–H and O–H groups in total. The van der Waals surface area contributed by atoms with Crippen LogP contribution in [0.1, 0.15) is 31.0 Å². The van der Waals surface area contributed by atoms with E-state index in [0.29, 0.717) is 16.0 Å². The number of benzene rings is 1. The zero-order valence-electron chi connectivity index (χ0n) is 10.3. The molecule has 0 radical (unpaired) electrons. The topological polar surface area (TPSA) is 47.2 Å². The Morgan fingerprint density at radius 1 is 1.33 bits per heavy atom. The molecule has 1 aromatic carbocycles. The van der Waals surface area contributed by atoms with Crippen LogP contribution in [0.3, 0.4) is 0 Å². The molecule has 0 atom stereocenters. The highest BCUT2D eigenvalue weighted by Gasteiger charge is 2.14. The molecule has 2 rings (SSSR count). The molecule has 0 aliphatic heterocycles.